The Morgan fingerprint density at radius 2 is 2.08 bits per heavy atom. The Kier molecular flexibility index (Phi) is 3.49. The Morgan fingerprint density at radius 1 is 1.33 bits per heavy atom. The van der Waals surface area contributed by atoms with Crippen molar-refractivity contribution >= 4 is 0 Å². The van der Waals surface area contributed by atoms with Crippen molar-refractivity contribution in [3.05, 3.63) is 34.9 Å². The predicted octanol–water partition coefficient (Wildman–Crippen LogP) is 4.00. The fraction of sp³-hybridized carbons (Fsp3) is 0.714. The summed E-state index contributed by atoms with van der Waals surface area (Å²) in [7, 11) is 1.75. The number of aliphatic hydroxyl groups excluding tert-OH is 1. The van der Waals surface area contributed by atoms with Crippen LogP contribution in [0.25, 0.3) is 0 Å². The molecule has 4 aliphatic rings. The minimum absolute atomic E-state index is 0.0168. The lowest BCUT2D eigenvalue weighted by molar-refractivity contribution is -0.300. The van der Waals surface area contributed by atoms with E-state index in [0.717, 1.165) is 24.8 Å². The van der Waals surface area contributed by atoms with E-state index < -0.39 is 5.79 Å². The molecule has 0 radical (unpaired) electrons. The first-order valence-corrected chi connectivity index (χ1v) is 9.29. The molecule has 0 spiro atoms. The standard InChI is InChI=1S/C21H30O3/c1-13(2)15-6-7-19(3)8-9-20(4)16(18(15)19)10-17-14(12-22)11-21(20,23-5)24-17/h6-7,11,13,16-17,22H,8-10,12H2,1-5H3/t16-,17-,19-,20-,21-/m1/s1. The van der Waals surface area contributed by atoms with Crippen molar-refractivity contribution in [2.75, 3.05) is 13.7 Å². The fourth-order valence-electron chi connectivity index (χ4n) is 5.77. The van der Waals surface area contributed by atoms with Gasteiger partial charge in [0.15, 0.2) is 5.79 Å². The molecule has 1 saturated heterocycles. The number of fused-ring (bicyclic) bond motifs is 6. The lowest BCUT2D eigenvalue weighted by atomic mass is 9.52. The zero-order valence-corrected chi connectivity index (χ0v) is 15.6. The maximum absolute atomic E-state index is 9.79. The van der Waals surface area contributed by atoms with Gasteiger partial charge >= 0.3 is 0 Å². The van der Waals surface area contributed by atoms with Crippen molar-refractivity contribution in [2.45, 2.75) is 58.8 Å². The number of rotatable bonds is 3. The number of aliphatic hydroxyl groups is 1. The monoisotopic (exact) mass is 330 g/mol. The molecule has 1 saturated carbocycles. The van der Waals surface area contributed by atoms with Gasteiger partial charge in [0.05, 0.1) is 12.7 Å². The zero-order valence-electron chi connectivity index (χ0n) is 15.6. The topological polar surface area (TPSA) is 38.7 Å². The van der Waals surface area contributed by atoms with Crippen LogP contribution in [-0.4, -0.2) is 30.7 Å². The molecule has 0 amide bonds. The van der Waals surface area contributed by atoms with E-state index in [9.17, 15) is 5.11 Å². The summed E-state index contributed by atoms with van der Waals surface area (Å²) in [4.78, 5) is 0. The minimum Gasteiger partial charge on any atom is -0.392 e. The average Bonchev–Trinajstić information content (AvgIpc) is 3.07. The van der Waals surface area contributed by atoms with Gasteiger partial charge in [0.25, 0.3) is 0 Å². The van der Waals surface area contributed by atoms with E-state index in [-0.39, 0.29) is 23.5 Å². The van der Waals surface area contributed by atoms with Crippen LogP contribution in [0.4, 0.5) is 0 Å². The van der Waals surface area contributed by atoms with Gasteiger partial charge in [-0.2, -0.15) is 0 Å². The second-order valence-electron chi connectivity index (χ2n) is 8.84. The summed E-state index contributed by atoms with van der Waals surface area (Å²) in [5, 5.41) is 9.79. The van der Waals surface area contributed by atoms with Gasteiger partial charge in [-0.15, -0.1) is 0 Å². The molecule has 3 nitrogen and oxygen atoms in total. The first-order valence-electron chi connectivity index (χ1n) is 9.29. The fourth-order valence-corrected chi connectivity index (χ4v) is 5.77. The van der Waals surface area contributed by atoms with E-state index in [1.165, 1.54) is 5.57 Å². The molecule has 2 heterocycles. The van der Waals surface area contributed by atoms with E-state index in [4.69, 9.17) is 9.47 Å². The quantitative estimate of drug-likeness (QED) is 0.795. The van der Waals surface area contributed by atoms with E-state index in [2.05, 4.69) is 45.9 Å². The van der Waals surface area contributed by atoms with Crippen molar-refractivity contribution in [1.82, 2.24) is 0 Å². The maximum atomic E-state index is 9.79. The lowest BCUT2D eigenvalue weighted by Gasteiger charge is -2.58. The molecule has 2 fully saturated rings. The number of methoxy groups -OCH3 is 1. The molecule has 4 rings (SSSR count). The lowest BCUT2D eigenvalue weighted by Crippen LogP contribution is -2.59. The average molecular weight is 330 g/mol. The molecule has 132 valence electrons. The molecule has 0 aromatic carbocycles. The highest BCUT2D eigenvalue weighted by molar-refractivity contribution is 5.47. The summed E-state index contributed by atoms with van der Waals surface area (Å²) in [5.41, 5.74) is 4.19. The van der Waals surface area contributed by atoms with E-state index in [1.54, 1.807) is 12.7 Å². The largest absolute Gasteiger partial charge is 0.392 e. The molecular weight excluding hydrogens is 300 g/mol. The molecule has 1 N–H and O–H groups in total. The van der Waals surface area contributed by atoms with Crippen LogP contribution in [0.5, 0.6) is 0 Å². The minimum atomic E-state index is -0.697. The van der Waals surface area contributed by atoms with E-state index in [0.29, 0.717) is 11.8 Å². The highest BCUT2D eigenvalue weighted by atomic mass is 16.7. The third-order valence-corrected chi connectivity index (χ3v) is 7.30. The second-order valence-corrected chi connectivity index (χ2v) is 8.84. The number of hydrogen-bond acceptors (Lipinski definition) is 3. The van der Waals surface area contributed by atoms with E-state index >= 15 is 0 Å². The van der Waals surface area contributed by atoms with Gasteiger partial charge in [-0.1, -0.05) is 45.4 Å². The van der Waals surface area contributed by atoms with Gasteiger partial charge in [0.1, 0.15) is 0 Å². The maximum Gasteiger partial charge on any atom is 0.194 e. The molecule has 0 aromatic rings. The molecule has 2 bridgehead atoms. The van der Waals surface area contributed by atoms with Crippen LogP contribution in [0.2, 0.25) is 0 Å². The highest BCUT2D eigenvalue weighted by Gasteiger charge is 2.65. The van der Waals surface area contributed by atoms with Gasteiger partial charge in [-0.3, -0.25) is 0 Å². The van der Waals surface area contributed by atoms with Crippen LogP contribution in [0, 0.1) is 22.7 Å². The molecule has 2 aliphatic carbocycles. The van der Waals surface area contributed by atoms with E-state index in [1.807, 2.05) is 0 Å². The number of allylic oxidation sites excluding steroid dienone is 4. The van der Waals surface area contributed by atoms with Crippen molar-refractivity contribution in [3.63, 3.8) is 0 Å². The highest BCUT2D eigenvalue weighted by Crippen LogP contribution is 2.67. The SMILES string of the molecule is CO[C@@]12C=C(CO)[C@@H](C[C@@H]3C4=C(C(C)C)C=C[C@]4(C)CC[C@]31C)O2. The Labute approximate surface area is 145 Å². The van der Waals surface area contributed by atoms with Gasteiger partial charge in [0, 0.05) is 17.9 Å². The first-order chi connectivity index (χ1) is 11.3. The first kappa shape index (κ1) is 16.6. The summed E-state index contributed by atoms with van der Waals surface area (Å²) >= 11 is 0. The van der Waals surface area contributed by atoms with Gasteiger partial charge in [-0.25, -0.2) is 0 Å². The normalized spacial score (nSPS) is 46.4. The molecular formula is C21H30O3. The second kappa shape index (κ2) is 5.06. The number of hydrogen-bond donors (Lipinski definition) is 1. The Morgan fingerprint density at radius 3 is 2.71 bits per heavy atom. The smallest absolute Gasteiger partial charge is 0.194 e. The molecule has 3 heteroatoms. The van der Waals surface area contributed by atoms with Gasteiger partial charge in [0.2, 0.25) is 0 Å². The van der Waals surface area contributed by atoms with Crippen LogP contribution in [-0.2, 0) is 9.47 Å². The summed E-state index contributed by atoms with van der Waals surface area (Å²) in [6.07, 6.45) is 10.0. The zero-order chi connectivity index (χ0) is 17.3. The molecule has 5 atom stereocenters. The summed E-state index contributed by atoms with van der Waals surface area (Å²) in [5.74, 6) is 0.268. The van der Waals surface area contributed by atoms with Crippen LogP contribution in [0.1, 0.15) is 47.0 Å². The van der Waals surface area contributed by atoms with Crippen LogP contribution >= 0.6 is 0 Å². The Hall–Kier alpha value is -0.900. The molecule has 0 unspecified atom stereocenters. The van der Waals surface area contributed by atoms with Gasteiger partial charge in [-0.05, 0) is 48.3 Å². The third-order valence-electron chi connectivity index (χ3n) is 7.30. The van der Waals surface area contributed by atoms with Crippen molar-refractivity contribution in [3.8, 4) is 0 Å². The van der Waals surface area contributed by atoms with Crippen LogP contribution < -0.4 is 0 Å². The predicted molar refractivity (Wildman–Crippen MR) is 94.3 cm³/mol. The molecule has 0 aromatic heterocycles. The Balaban J connectivity index is 1.87. The molecule has 24 heavy (non-hydrogen) atoms. The van der Waals surface area contributed by atoms with Crippen LogP contribution in [0.15, 0.2) is 34.9 Å². The summed E-state index contributed by atoms with van der Waals surface area (Å²) in [6.45, 7) is 9.37. The summed E-state index contributed by atoms with van der Waals surface area (Å²) in [6, 6.07) is 0. The Bertz CT molecular complexity index is 658. The van der Waals surface area contributed by atoms with Crippen molar-refractivity contribution in [1.29, 1.82) is 0 Å². The summed E-state index contributed by atoms with van der Waals surface area (Å²) < 4.78 is 12.4. The van der Waals surface area contributed by atoms with Gasteiger partial charge < -0.3 is 14.6 Å². The third kappa shape index (κ3) is 1.84. The number of ether oxygens (including phenoxy) is 2. The van der Waals surface area contributed by atoms with Crippen molar-refractivity contribution < 1.29 is 14.6 Å². The van der Waals surface area contributed by atoms with Crippen molar-refractivity contribution in [2.24, 2.45) is 22.7 Å². The molecule has 2 aliphatic heterocycles. The van der Waals surface area contributed by atoms with Crippen LogP contribution in [0.3, 0.4) is 0 Å².